The molecular weight excluding hydrogens is 262 g/mol. The lowest BCUT2D eigenvalue weighted by molar-refractivity contribution is -0.189. The average Bonchev–Trinajstić information content (AvgIpc) is 2.38. The van der Waals surface area contributed by atoms with Crippen molar-refractivity contribution in [2.24, 2.45) is 0 Å². The molecule has 1 aromatic rings. The van der Waals surface area contributed by atoms with Crippen molar-refractivity contribution in [3.8, 4) is 0 Å². The average molecular weight is 276 g/mol. The van der Waals surface area contributed by atoms with Gasteiger partial charge in [0.1, 0.15) is 0 Å². The van der Waals surface area contributed by atoms with Crippen LogP contribution in [0.2, 0.25) is 0 Å². The van der Waals surface area contributed by atoms with Crippen LogP contribution in [0.25, 0.3) is 0 Å². The molecule has 0 heterocycles. The van der Waals surface area contributed by atoms with Crippen molar-refractivity contribution in [3.05, 3.63) is 29.8 Å². The maximum atomic E-state index is 13.5. The van der Waals surface area contributed by atoms with Gasteiger partial charge in [-0.3, -0.25) is 0 Å². The van der Waals surface area contributed by atoms with E-state index in [1.807, 2.05) is 6.26 Å². The molecule has 100 valence electrons. The van der Waals surface area contributed by atoms with Crippen LogP contribution in [-0.2, 0) is 9.53 Å². The maximum absolute atomic E-state index is 13.5. The molecule has 0 radical (unpaired) electrons. The van der Waals surface area contributed by atoms with Gasteiger partial charge in [-0.2, -0.15) is 8.78 Å². The first-order chi connectivity index (χ1) is 8.43. The molecule has 1 atom stereocenters. The molecule has 0 fully saturated rings. The molecule has 0 spiro atoms. The molecule has 0 saturated carbocycles. The summed E-state index contributed by atoms with van der Waals surface area (Å²) in [5, 5.41) is 9.55. The SMILES string of the molecule is CCOC(=O)C(F)(F)[C@H](O)c1ccc(SC)cc1. The quantitative estimate of drug-likeness (QED) is 0.663. The van der Waals surface area contributed by atoms with Crippen LogP contribution in [0.15, 0.2) is 29.2 Å². The number of ether oxygens (including phenoxy) is 1. The number of benzene rings is 1. The van der Waals surface area contributed by atoms with Gasteiger partial charge in [0.15, 0.2) is 6.10 Å². The molecule has 6 heteroatoms. The standard InChI is InChI=1S/C12H14F2O3S/c1-3-17-11(16)12(13,14)10(15)8-4-6-9(18-2)7-5-8/h4-7,10,15H,3H2,1-2H3/t10-/m1/s1. The zero-order valence-corrected chi connectivity index (χ0v) is 10.8. The zero-order chi connectivity index (χ0) is 13.8. The number of rotatable bonds is 5. The maximum Gasteiger partial charge on any atom is 0.380 e. The van der Waals surface area contributed by atoms with Crippen molar-refractivity contribution >= 4 is 17.7 Å². The lowest BCUT2D eigenvalue weighted by atomic mass is 10.0. The number of thioether (sulfide) groups is 1. The van der Waals surface area contributed by atoms with Gasteiger partial charge in [-0.25, -0.2) is 4.79 Å². The van der Waals surface area contributed by atoms with E-state index in [4.69, 9.17) is 0 Å². The van der Waals surface area contributed by atoms with E-state index in [0.717, 1.165) is 4.90 Å². The number of hydrogen-bond donors (Lipinski definition) is 1. The van der Waals surface area contributed by atoms with Crippen LogP contribution in [0.1, 0.15) is 18.6 Å². The fraction of sp³-hybridized carbons (Fsp3) is 0.417. The topological polar surface area (TPSA) is 46.5 Å². The highest BCUT2D eigenvalue weighted by molar-refractivity contribution is 7.98. The van der Waals surface area contributed by atoms with Crippen molar-refractivity contribution in [1.29, 1.82) is 0 Å². The minimum absolute atomic E-state index is 0.0224. The molecular formula is C12H14F2O3S. The molecule has 0 aliphatic rings. The summed E-state index contributed by atoms with van der Waals surface area (Å²) < 4.78 is 31.3. The number of carbonyl (C=O) groups excluding carboxylic acids is 1. The van der Waals surface area contributed by atoms with Crippen LogP contribution in [-0.4, -0.2) is 29.9 Å². The predicted octanol–water partition coefficient (Wildman–Crippen LogP) is 2.64. The number of aliphatic hydroxyl groups excluding tert-OH is 1. The van der Waals surface area contributed by atoms with E-state index in [-0.39, 0.29) is 12.2 Å². The number of halogens is 2. The number of aliphatic hydroxyl groups is 1. The first-order valence-electron chi connectivity index (χ1n) is 5.30. The van der Waals surface area contributed by atoms with E-state index in [0.29, 0.717) is 0 Å². The van der Waals surface area contributed by atoms with E-state index < -0.39 is 18.0 Å². The van der Waals surface area contributed by atoms with Gasteiger partial charge in [-0.1, -0.05) is 12.1 Å². The Morgan fingerprint density at radius 3 is 2.44 bits per heavy atom. The molecule has 0 amide bonds. The summed E-state index contributed by atoms with van der Waals surface area (Å²) in [5.41, 5.74) is -0.0224. The third-order valence-corrected chi connectivity index (χ3v) is 3.07. The number of carbonyl (C=O) groups is 1. The van der Waals surface area contributed by atoms with Crippen LogP contribution in [0.5, 0.6) is 0 Å². The monoisotopic (exact) mass is 276 g/mol. The normalized spacial score (nSPS) is 13.2. The van der Waals surface area contributed by atoms with Crippen molar-refractivity contribution in [2.75, 3.05) is 12.9 Å². The molecule has 1 aromatic carbocycles. The van der Waals surface area contributed by atoms with Gasteiger partial charge in [-0.15, -0.1) is 11.8 Å². The van der Waals surface area contributed by atoms with Gasteiger partial charge in [-0.05, 0) is 30.9 Å². The molecule has 0 saturated heterocycles. The number of alkyl halides is 2. The zero-order valence-electron chi connectivity index (χ0n) is 10.0. The van der Waals surface area contributed by atoms with Gasteiger partial charge in [0.25, 0.3) is 0 Å². The molecule has 3 nitrogen and oxygen atoms in total. The van der Waals surface area contributed by atoms with Gasteiger partial charge >= 0.3 is 11.9 Å². The lowest BCUT2D eigenvalue weighted by Gasteiger charge is -2.20. The van der Waals surface area contributed by atoms with Gasteiger partial charge in [0, 0.05) is 4.90 Å². The van der Waals surface area contributed by atoms with Gasteiger partial charge < -0.3 is 9.84 Å². The number of esters is 1. The van der Waals surface area contributed by atoms with Crippen molar-refractivity contribution in [2.45, 2.75) is 23.8 Å². The molecule has 0 unspecified atom stereocenters. The molecule has 0 aromatic heterocycles. The summed E-state index contributed by atoms with van der Waals surface area (Å²) in [6, 6.07) is 5.93. The Labute approximate surface area is 108 Å². The highest BCUT2D eigenvalue weighted by atomic mass is 32.2. The van der Waals surface area contributed by atoms with Crippen LogP contribution in [0, 0.1) is 0 Å². The summed E-state index contributed by atoms with van der Waals surface area (Å²) in [6.07, 6.45) is -0.356. The van der Waals surface area contributed by atoms with E-state index in [2.05, 4.69) is 4.74 Å². The Morgan fingerprint density at radius 2 is 2.00 bits per heavy atom. The summed E-state index contributed by atoms with van der Waals surface area (Å²) in [7, 11) is 0. The second-order valence-electron chi connectivity index (χ2n) is 3.52. The Kier molecular flexibility index (Phi) is 5.10. The second kappa shape index (κ2) is 6.15. The Morgan fingerprint density at radius 1 is 1.44 bits per heavy atom. The Bertz CT molecular complexity index is 406. The van der Waals surface area contributed by atoms with Gasteiger partial charge in [0.2, 0.25) is 0 Å². The first kappa shape index (κ1) is 14.9. The summed E-state index contributed by atoms with van der Waals surface area (Å²) in [5.74, 6) is -5.66. The molecule has 1 rings (SSSR count). The smallest absolute Gasteiger partial charge is 0.380 e. The van der Waals surface area contributed by atoms with Crippen molar-refractivity contribution in [1.82, 2.24) is 0 Å². The van der Waals surface area contributed by atoms with Crippen molar-refractivity contribution < 1.29 is 23.4 Å². The van der Waals surface area contributed by atoms with Crippen LogP contribution < -0.4 is 0 Å². The van der Waals surface area contributed by atoms with Crippen LogP contribution >= 0.6 is 11.8 Å². The highest BCUT2D eigenvalue weighted by Gasteiger charge is 2.48. The first-order valence-corrected chi connectivity index (χ1v) is 6.53. The van der Waals surface area contributed by atoms with Crippen LogP contribution in [0.3, 0.4) is 0 Å². The lowest BCUT2D eigenvalue weighted by Crippen LogP contribution is -2.37. The number of hydrogen-bond acceptors (Lipinski definition) is 4. The minimum Gasteiger partial charge on any atom is -0.461 e. The summed E-state index contributed by atoms with van der Waals surface area (Å²) in [6.45, 7) is 1.26. The van der Waals surface area contributed by atoms with E-state index in [9.17, 15) is 18.7 Å². The highest BCUT2D eigenvalue weighted by Crippen LogP contribution is 2.33. The molecule has 1 N–H and O–H groups in total. The second-order valence-corrected chi connectivity index (χ2v) is 4.40. The molecule has 0 bridgehead atoms. The predicted molar refractivity (Wildman–Crippen MR) is 64.8 cm³/mol. The molecule has 18 heavy (non-hydrogen) atoms. The fourth-order valence-electron chi connectivity index (χ4n) is 1.33. The molecule has 0 aliphatic carbocycles. The Hall–Kier alpha value is -1.14. The summed E-state index contributed by atoms with van der Waals surface area (Å²) in [4.78, 5) is 11.9. The van der Waals surface area contributed by atoms with Crippen LogP contribution in [0.4, 0.5) is 8.78 Å². The summed E-state index contributed by atoms with van der Waals surface area (Å²) >= 11 is 1.45. The third-order valence-electron chi connectivity index (χ3n) is 2.32. The van der Waals surface area contributed by atoms with Gasteiger partial charge in [0.05, 0.1) is 6.61 Å². The third kappa shape index (κ3) is 3.20. The van der Waals surface area contributed by atoms with E-state index in [1.165, 1.54) is 30.8 Å². The largest absolute Gasteiger partial charge is 0.461 e. The minimum atomic E-state index is -3.95. The molecule has 0 aliphatic heterocycles. The fourth-order valence-corrected chi connectivity index (χ4v) is 1.74. The Balaban J connectivity index is 2.90. The van der Waals surface area contributed by atoms with Crippen molar-refractivity contribution in [3.63, 3.8) is 0 Å². The van der Waals surface area contributed by atoms with E-state index >= 15 is 0 Å². The van der Waals surface area contributed by atoms with E-state index in [1.54, 1.807) is 12.1 Å².